The van der Waals surface area contributed by atoms with Gasteiger partial charge in [-0.05, 0) is 35.4 Å². The first-order valence-electron chi connectivity index (χ1n) is 7.92. The Morgan fingerprint density at radius 3 is 2.91 bits per heavy atom. The van der Waals surface area contributed by atoms with Crippen LogP contribution >= 0.6 is 0 Å². The fourth-order valence-corrected chi connectivity index (χ4v) is 3.23. The summed E-state index contributed by atoms with van der Waals surface area (Å²) < 4.78 is 0. The Bertz CT molecular complexity index is 871. The lowest BCUT2D eigenvalue weighted by atomic mass is 9.92. The van der Waals surface area contributed by atoms with Crippen LogP contribution in [0.15, 0.2) is 71.4 Å². The number of carbonyl (C=O) groups excluding carboxylic acids is 1. The zero-order chi connectivity index (χ0) is 15.8. The molecule has 4 rings (SSSR count). The van der Waals surface area contributed by atoms with E-state index >= 15 is 0 Å². The number of nitrogens with zero attached hydrogens (tertiary/aromatic N) is 2. The smallest absolute Gasteiger partial charge is 0.170 e. The molecule has 23 heavy (non-hydrogen) atoms. The van der Waals surface area contributed by atoms with E-state index in [0.29, 0.717) is 13.1 Å². The third kappa shape index (κ3) is 2.48. The van der Waals surface area contributed by atoms with Crippen LogP contribution in [0.25, 0.3) is 10.8 Å². The summed E-state index contributed by atoms with van der Waals surface area (Å²) >= 11 is 0. The molecule has 0 fully saturated rings. The van der Waals surface area contributed by atoms with Crippen LogP contribution in [-0.2, 0) is 0 Å². The Balaban J connectivity index is 1.67. The quantitative estimate of drug-likeness (QED) is 0.790. The molecule has 3 heteroatoms. The Kier molecular flexibility index (Phi) is 3.34. The normalized spacial score (nSPS) is 20.0. The van der Waals surface area contributed by atoms with Crippen molar-refractivity contribution in [3.8, 4) is 0 Å². The lowest BCUT2D eigenvalue weighted by Crippen LogP contribution is -2.40. The second-order valence-corrected chi connectivity index (χ2v) is 6.14. The first kappa shape index (κ1) is 13.9. The van der Waals surface area contributed by atoms with Gasteiger partial charge in [0, 0.05) is 18.3 Å². The van der Waals surface area contributed by atoms with Gasteiger partial charge in [0.25, 0.3) is 0 Å². The first-order chi connectivity index (χ1) is 11.2. The zero-order valence-electron chi connectivity index (χ0n) is 13.1. The average molecular weight is 302 g/mol. The lowest BCUT2D eigenvalue weighted by Gasteiger charge is -2.31. The van der Waals surface area contributed by atoms with Gasteiger partial charge in [0.1, 0.15) is 5.84 Å². The number of Topliss-reactive ketones (excluding diaryl/α,β-unsaturated/α-hetero) is 1. The van der Waals surface area contributed by atoms with Gasteiger partial charge in [-0.1, -0.05) is 42.5 Å². The highest BCUT2D eigenvalue weighted by molar-refractivity contribution is 6.10. The second kappa shape index (κ2) is 5.51. The van der Waals surface area contributed by atoms with Crippen molar-refractivity contribution in [2.75, 3.05) is 13.1 Å². The van der Waals surface area contributed by atoms with Crippen LogP contribution in [0.1, 0.15) is 17.3 Å². The topological polar surface area (TPSA) is 32.7 Å². The highest BCUT2D eigenvalue weighted by Crippen LogP contribution is 2.24. The molecule has 2 aliphatic rings. The molecule has 2 heterocycles. The van der Waals surface area contributed by atoms with Gasteiger partial charge in [-0.15, -0.1) is 0 Å². The van der Waals surface area contributed by atoms with Gasteiger partial charge in [-0.3, -0.25) is 9.79 Å². The summed E-state index contributed by atoms with van der Waals surface area (Å²) in [5.74, 6) is 1.05. The molecule has 0 aromatic heterocycles. The van der Waals surface area contributed by atoms with E-state index in [1.165, 1.54) is 5.57 Å². The maximum atomic E-state index is 13.0. The first-order valence-corrected chi connectivity index (χ1v) is 7.92. The molecule has 0 saturated heterocycles. The number of amidine groups is 1. The Morgan fingerprint density at radius 2 is 2.00 bits per heavy atom. The minimum atomic E-state index is -0.0963. The number of allylic oxidation sites excluding steroid dienone is 2. The number of hydrogen-bond donors (Lipinski definition) is 0. The standard InChI is InChI=1S/C20H18N2O/c1-14-9-10-22-13-16(12-21-19(22)11-14)20(23)18-8-4-6-15-5-2-3-7-17(15)18/h2-11,16H,12-13H2,1H3. The minimum absolute atomic E-state index is 0.0963. The molecular weight excluding hydrogens is 284 g/mol. The van der Waals surface area contributed by atoms with Gasteiger partial charge in [0.15, 0.2) is 5.78 Å². The van der Waals surface area contributed by atoms with Crippen LogP contribution in [0.3, 0.4) is 0 Å². The molecule has 0 amide bonds. The van der Waals surface area contributed by atoms with Crippen molar-refractivity contribution in [3.63, 3.8) is 0 Å². The molecule has 1 unspecified atom stereocenters. The second-order valence-electron chi connectivity index (χ2n) is 6.14. The van der Waals surface area contributed by atoms with Crippen molar-refractivity contribution < 1.29 is 4.79 Å². The zero-order valence-corrected chi connectivity index (χ0v) is 13.1. The Morgan fingerprint density at radius 1 is 1.17 bits per heavy atom. The van der Waals surface area contributed by atoms with Crippen molar-refractivity contribution in [2.24, 2.45) is 10.9 Å². The Labute approximate surface area is 135 Å². The van der Waals surface area contributed by atoms with Crippen LogP contribution in [0.2, 0.25) is 0 Å². The van der Waals surface area contributed by atoms with E-state index in [4.69, 9.17) is 0 Å². The van der Waals surface area contributed by atoms with Crippen molar-refractivity contribution in [2.45, 2.75) is 6.92 Å². The summed E-state index contributed by atoms with van der Waals surface area (Å²) in [6, 6.07) is 14.0. The van der Waals surface area contributed by atoms with Crippen LogP contribution in [0.4, 0.5) is 0 Å². The summed E-state index contributed by atoms with van der Waals surface area (Å²) in [5.41, 5.74) is 2.00. The molecule has 0 aliphatic carbocycles. The number of ketones is 1. The molecule has 2 aliphatic heterocycles. The monoisotopic (exact) mass is 302 g/mol. The highest BCUT2D eigenvalue weighted by atomic mass is 16.1. The summed E-state index contributed by atoms with van der Waals surface area (Å²) in [6.45, 7) is 3.32. The van der Waals surface area contributed by atoms with Crippen LogP contribution in [0.5, 0.6) is 0 Å². The fourth-order valence-electron chi connectivity index (χ4n) is 3.23. The maximum absolute atomic E-state index is 13.0. The highest BCUT2D eigenvalue weighted by Gasteiger charge is 2.28. The maximum Gasteiger partial charge on any atom is 0.170 e. The summed E-state index contributed by atoms with van der Waals surface area (Å²) in [5, 5.41) is 2.13. The third-order valence-electron chi connectivity index (χ3n) is 4.49. The molecule has 114 valence electrons. The van der Waals surface area contributed by atoms with Crippen molar-refractivity contribution in [3.05, 3.63) is 72.0 Å². The number of rotatable bonds is 2. The number of aliphatic imine (C=N–C) groups is 1. The number of benzene rings is 2. The molecule has 2 aromatic rings. The van der Waals surface area contributed by atoms with Crippen molar-refractivity contribution in [1.82, 2.24) is 4.90 Å². The Hall–Kier alpha value is -2.68. The lowest BCUT2D eigenvalue weighted by molar-refractivity contribution is 0.0911. The predicted molar refractivity (Wildman–Crippen MR) is 93.7 cm³/mol. The number of hydrogen-bond acceptors (Lipinski definition) is 3. The summed E-state index contributed by atoms with van der Waals surface area (Å²) in [4.78, 5) is 19.7. The van der Waals surface area contributed by atoms with Crippen LogP contribution in [0, 0.1) is 5.92 Å². The van der Waals surface area contributed by atoms with E-state index < -0.39 is 0 Å². The van der Waals surface area contributed by atoms with Gasteiger partial charge >= 0.3 is 0 Å². The molecule has 0 bridgehead atoms. The van der Waals surface area contributed by atoms with Gasteiger partial charge in [0.05, 0.1) is 12.5 Å². The van der Waals surface area contributed by atoms with Crippen molar-refractivity contribution >= 4 is 22.4 Å². The average Bonchev–Trinajstić information content (AvgIpc) is 2.60. The molecule has 0 spiro atoms. The summed E-state index contributed by atoms with van der Waals surface area (Å²) in [7, 11) is 0. The minimum Gasteiger partial charge on any atom is -0.333 e. The van der Waals surface area contributed by atoms with Gasteiger partial charge < -0.3 is 4.90 Å². The number of carbonyl (C=O) groups is 1. The fraction of sp³-hybridized carbons (Fsp3) is 0.200. The van der Waals surface area contributed by atoms with E-state index in [0.717, 1.165) is 22.2 Å². The van der Waals surface area contributed by atoms with E-state index in [1.54, 1.807) is 0 Å². The molecule has 0 radical (unpaired) electrons. The SMILES string of the molecule is CC1=CC2=NCC(C(=O)c3cccc4ccccc34)CN2C=C1. The molecule has 3 nitrogen and oxygen atoms in total. The van der Waals surface area contributed by atoms with Crippen LogP contribution < -0.4 is 0 Å². The van der Waals surface area contributed by atoms with E-state index in [2.05, 4.69) is 29.0 Å². The van der Waals surface area contributed by atoms with Gasteiger partial charge in [-0.25, -0.2) is 0 Å². The summed E-state index contributed by atoms with van der Waals surface area (Å²) in [6.07, 6.45) is 6.15. The number of fused-ring (bicyclic) bond motifs is 2. The molecular formula is C20H18N2O. The van der Waals surface area contributed by atoms with E-state index in [1.807, 2.05) is 48.7 Å². The van der Waals surface area contributed by atoms with Crippen LogP contribution in [-0.4, -0.2) is 29.6 Å². The third-order valence-corrected chi connectivity index (χ3v) is 4.49. The predicted octanol–water partition coefficient (Wildman–Crippen LogP) is 3.83. The largest absolute Gasteiger partial charge is 0.333 e. The van der Waals surface area contributed by atoms with Crippen molar-refractivity contribution in [1.29, 1.82) is 0 Å². The molecule has 1 atom stereocenters. The molecule has 0 saturated carbocycles. The molecule has 0 N–H and O–H groups in total. The van der Waals surface area contributed by atoms with Gasteiger partial charge in [0.2, 0.25) is 0 Å². The molecule has 2 aromatic carbocycles. The van der Waals surface area contributed by atoms with E-state index in [9.17, 15) is 4.79 Å². The van der Waals surface area contributed by atoms with E-state index in [-0.39, 0.29) is 11.7 Å². The van der Waals surface area contributed by atoms with Gasteiger partial charge in [-0.2, -0.15) is 0 Å².